The van der Waals surface area contributed by atoms with Crippen LogP contribution in [0.3, 0.4) is 0 Å². The van der Waals surface area contributed by atoms with Gasteiger partial charge in [0, 0.05) is 6.61 Å². The first-order valence-electron chi connectivity index (χ1n) is 4.04. The lowest BCUT2D eigenvalue weighted by atomic mass is 10.2. The Kier molecular flexibility index (Phi) is 2.86. The molecule has 1 radical (unpaired) electrons. The summed E-state index contributed by atoms with van der Waals surface area (Å²) in [7, 11) is -1.21. The topological polar surface area (TPSA) is 56.8 Å². The fourth-order valence-corrected chi connectivity index (χ4v) is 3.34. The summed E-state index contributed by atoms with van der Waals surface area (Å²) in [6, 6.07) is 5.05. The van der Waals surface area contributed by atoms with E-state index in [1.54, 1.807) is 6.92 Å². The molecule has 0 aromatic heterocycles. The number of rotatable bonds is 1. The van der Waals surface area contributed by atoms with Gasteiger partial charge >= 0.3 is 0 Å². The van der Waals surface area contributed by atoms with Crippen molar-refractivity contribution in [2.24, 2.45) is 0 Å². The second kappa shape index (κ2) is 3.71. The highest BCUT2D eigenvalue weighted by Gasteiger charge is 2.39. The zero-order valence-corrected chi connectivity index (χ0v) is 8.13. The van der Waals surface area contributed by atoms with Crippen LogP contribution < -0.4 is 0 Å². The van der Waals surface area contributed by atoms with E-state index in [9.17, 15) is 0 Å². The Balaban J connectivity index is 2.67. The zero-order chi connectivity index (χ0) is 9.03. The van der Waals surface area contributed by atoms with Gasteiger partial charge in [-0.1, -0.05) is 6.42 Å². The molecule has 1 saturated heterocycles. The lowest BCUT2D eigenvalue weighted by Crippen LogP contribution is -2.34. The minimum absolute atomic E-state index is 0.729. The summed E-state index contributed by atoms with van der Waals surface area (Å²) >= 11 is 0. The summed E-state index contributed by atoms with van der Waals surface area (Å²) in [5.41, 5.74) is 0. The molecule has 1 aliphatic rings. The van der Waals surface area contributed by atoms with E-state index >= 15 is 0 Å². The minimum atomic E-state index is -1.21. The highest BCUT2D eigenvalue weighted by Crippen LogP contribution is 2.32. The molecule has 4 heteroatoms. The molecule has 0 bridgehead atoms. The quantitative estimate of drug-likeness (QED) is 0.574. The van der Waals surface area contributed by atoms with Gasteiger partial charge in [0.15, 0.2) is 5.04 Å². The SMILES string of the molecule is CC(C#N)(C#N)[Si]1CCCCO1. The molecule has 1 rings (SSSR count). The first-order valence-corrected chi connectivity index (χ1v) is 5.66. The van der Waals surface area contributed by atoms with E-state index in [0.717, 1.165) is 25.5 Å². The third-order valence-corrected chi connectivity index (χ3v) is 4.78. The largest absolute Gasteiger partial charge is 0.414 e. The fraction of sp³-hybridized carbons (Fsp3) is 0.750. The molecule has 0 atom stereocenters. The Morgan fingerprint density at radius 3 is 2.42 bits per heavy atom. The van der Waals surface area contributed by atoms with Gasteiger partial charge in [0.2, 0.25) is 9.04 Å². The van der Waals surface area contributed by atoms with Crippen molar-refractivity contribution in [3.05, 3.63) is 0 Å². The average molecular weight is 179 g/mol. The molecule has 0 aromatic carbocycles. The first-order chi connectivity index (χ1) is 5.73. The molecule has 1 fully saturated rings. The fourth-order valence-electron chi connectivity index (χ4n) is 1.20. The van der Waals surface area contributed by atoms with Gasteiger partial charge in [0.1, 0.15) is 0 Å². The molecule has 0 spiro atoms. The van der Waals surface area contributed by atoms with Crippen LogP contribution in [0.4, 0.5) is 0 Å². The second-order valence-electron chi connectivity index (χ2n) is 3.08. The van der Waals surface area contributed by atoms with E-state index in [1.807, 2.05) is 0 Å². The van der Waals surface area contributed by atoms with Crippen molar-refractivity contribution in [3.8, 4) is 12.1 Å². The lowest BCUT2D eigenvalue weighted by Gasteiger charge is -2.26. The van der Waals surface area contributed by atoms with Gasteiger partial charge < -0.3 is 4.43 Å². The van der Waals surface area contributed by atoms with Crippen LogP contribution in [0.1, 0.15) is 19.8 Å². The van der Waals surface area contributed by atoms with Crippen LogP contribution in [0.5, 0.6) is 0 Å². The first kappa shape index (κ1) is 9.25. The third-order valence-electron chi connectivity index (χ3n) is 2.08. The van der Waals surface area contributed by atoms with Crippen LogP contribution in [0, 0.1) is 22.7 Å². The van der Waals surface area contributed by atoms with E-state index in [-0.39, 0.29) is 0 Å². The van der Waals surface area contributed by atoms with Crippen LogP contribution in [0.25, 0.3) is 0 Å². The standard InChI is InChI=1S/C8H11N2OSi/c1-8(6-9,7-10)12-5-3-2-4-11-12/h2-5H2,1H3. The molecule has 0 amide bonds. The number of hydrogen-bond donors (Lipinski definition) is 0. The van der Waals surface area contributed by atoms with Gasteiger partial charge in [-0.25, -0.2) is 0 Å². The number of hydrogen-bond acceptors (Lipinski definition) is 3. The van der Waals surface area contributed by atoms with Crippen molar-refractivity contribution in [2.45, 2.75) is 30.8 Å². The van der Waals surface area contributed by atoms with Gasteiger partial charge in [-0.3, -0.25) is 0 Å². The Morgan fingerprint density at radius 2 is 2.00 bits per heavy atom. The molecular formula is C8H11N2OSi. The average Bonchev–Trinajstić information content (AvgIpc) is 2.18. The van der Waals surface area contributed by atoms with Crippen LogP contribution in [0.15, 0.2) is 0 Å². The Bertz CT molecular complexity index is 220. The summed E-state index contributed by atoms with van der Waals surface area (Å²) in [6.45, 7) is 2.42. The molecule has 3 nitrogen and oxygen atoms in total. The number of nitrogens with zero attached hydrogens (tertiary/aromatic N) is 2. The van der Waals surface area contributed by atoms with Crippen molar-refractivity contribution in [3.63, 3.8) is 0 Å². The van der Waals surface area contributed by atoms with Gasteiger partial charge in [-0.05, 0) is 19.4 Å². The Morgan fingerprint density at radius 1 is 1.33 bits per heavy atom. The third kappa shape index (κ3) is 1.66. The second-order valence-corrected chi connectivity index (χ2v) is 5.71. The van der Waals surface area contributed by atoms with Crippen LogP contribution in [-0.4, -0.2) is 15.6 Å². The van der Waals surface area contributed by atoms with E-state index in [2.05, 4.69) is 12.1 Å². The molecule has 0 aliphatic carbocycles. The van der Waals surface area contributed by atoms with E-state index in [0.29, 0.717) is 0 Å². The van der Waals surface area contributed by atoms with Crippen molar-refractivity contribution >= 4 is 9.04 Å². The maximum atomic E-state index is 8.81. The Hall–Kier alpha value is -0.843. The molecule has 0 N–H and O–H groups in total. The zero-order valence-electron chi connectivity index (χ0n) is 7.13. The molecular weight excluding hydrogens is 168 g/mol. The van der Waals surface area contributed by atoms with E-state index < -0.39 is 14.1 Å². The van der Waals surface area contributed by atoms with Crippen LogP contribution in [-0.2, 0) is 4.43 Å². The summed E-state index contributed by atoms with van der Waals surface area (Å²) < 4.78 is 5.48. The molecule has 0 aromatic rings. The summed E-state index contributed by atoms with van der Waals surface area (Å²) in [5.74, 6) is 0. The molecule has 1 heterocycles. The highest BCUT2D eigenvalue weighted by atomic mass is 28.3. The molecule has 63 valence electrons. The highest BCUT2D eigenvalue weighted by molar-refractivity contribution is 6.57. The summed E-state index contributed by atoms with van der Waals surface area (Å²) in [5, 5.41) is 16.8. The van der Waals surface area contributed by atoms with Crippen LogP contribution >= 0.6 is 0 Å². The van der Waals surface area contributed by atoms with Gasteiger partial charge in [-0.15, -0.1) is 0 Å². The maximum Gasteiger partial charge on any atom is 0.248 e. The van der Waals surface area contributed by atoms with Crippen molar-refractivity contribution in [1.29, 1.82) is 10.5 Å². The smallest absolute Gasteiger partial charge is 0.248 e. The normalized spacial score (nSPS) is 19.6. The van der Waals surface area contributed by atoms with Crippen molar-refractivity contribution in [1.82, 2.24) is 0 Å². The van der Waals surface area contributed by atoms with Crippen molar-refractivity contribution in [2.75, 3.05) is 6.61 Å². The summed E-state index contributed by atoms with van der Waals surface area (Å²) in [6.07, 6.45) is 2.17. The van der Waals surface area contributed by atoms with Crippen molar-refractivity contribution < 1.29 is 4.43 Å². The predicted molar refractivity (Wildman–Crippen MR) is 45.3 cm³/mol. The minimum Gasteiger partial charge on any atom is -0.414 e. The van der Waals surface area contributed by atoms with E-state index in [4.69, 9.17) is 14.9 Å². The monoisotopic (exact) mass is 179 g/mol. The molecule has 12 heavy (non-hydrogen) atoms. The van der Waals surface area contributed by atoms with Gasteiger partial charge in [-0.2, -0.15) is 10.5 Å². The summed E-state index contributed by atoms with van der Waals surface area (Å²) in [4.78, 5) is 0. The Labute approximate surface area is 74.3 Å². The lowest BCUT2D eigenvalue weighted by molar-refractivity contribution is 0.279. The van der Waals surface area contributed by atoms with Gasteiger partial charge in [0.05, 0.1) is 12.1 Å². The molecule has 0 unspecified atom stereocenters. The maximum absolute atomic E-state index is 8.81. The molecule has 0 saturated carbocycles. The predicted octanol–water partition coefficient (Wildman–Crippen LogP) is 1.60. The molecule has 1 aliphatic heterocycles. The van der Waals surface area contributed by atoms with Crippen LogP contribution in [0.2, 0.25) is 11.1 Å². The van der Waals surface area contributed by atoms with E-state index in [1.165, 1.54) is 0 Å². The van der Waals surface area contributed by atoms with Gasteiger partial charge in [0.25, 0.3) is 0 Å². The number of nitriles is 2.